The highest BCUT2D eigenvalue weighted by atomic mass is 32.2. The van der Waals surface area contributed by atoms with E-state index < -0.39 is 5.54 Å². The van der Waals surface area contributed by atoms with E-state index in [-0.39, 0.29) is 6.61 Å². The summed E-state index contributed by atoms with van der Waals surface area (Å²) in [6.07, 6.45) is 2.55. The number of nitrogens with two attached hydrogens (primary N) is 1. The molecule has 84 valence electrons. The largest absolute Gasteiger partial charge is 0.394 e. The van der Waals surface area contributed by atoms with Crippen LogP contribution in [0.2, 0.25) is 0 Å². The molecule has 0 amide bonds. The second kappa shape index (κ2) is 5.49. The molecule has 0 fully saturated rings. The maximum atomic E-state index is 9.06. The summed E-state index contributed by atoms with van der Waals surface area (Å²) in [6, 6.07) is 5.85. The third-order valence-corrected chi connectivity index (χ3v) is 3.13. The van der Waals surface area contributed by atoms with Crippen molar-refractivity contribution in [3.8, 4) is 0 Å². The first-order chi connectivity index (χ1) is 7.03. The Balaban J connectivity index is 2.46. The average Bonchev–Trinajstić information content (AvgIpc) is 2.18. The van der Waals surface area contributed by atoms with Gasteiger partial charge in [-0.3, -0.25) is 0 Å². The van der Waals surface area contributed by atoms with Gasteiger partial charge in [-0.15, -0.1) is 11.8 Å². The van der Waals surface area contributed by atoms with Crippen molar-refractivity contribution >= 4 is 11.8 Å². The molecule has 4 heteroatoms. The van der Waals surface area contributed by atoms with Crippen LogP contribution in [0.4, 0.5) is 0 Å². The lowest BCUT2D eigenvalue weighted by Crippen LogP contribution is -2.42. The third kappa shape index (κ3) is 4.64. The fraction of sp³-hybridized carbons (Fsp3) is 0.545. The molecule has 0 radical (unpaired) electrons. The highest BCUT2D eigenvalue weighted by molar-refractivity contribution is 7.99. The summed E-state index contributed by atoms with van der Waals surface area (Å²) in [5, 5.41) is 10.4. The zero-order valence-corrected chi connectivity index (χ0v) is 10.00. The van der Waals surface area contributed by atoms with Crippen molar-refractivity contribution in [1.82, 2.24) is 4.98 Å². The van der Waals surface area contributed by atoms with E-state index in [9.17, 15) is 0 Å². The summed E-state index contributed by atoms with van der Waals surface area (Å²) in [5.41, 5.74) is 5.39. The maximum absolute atomic E-state index is 9.06. The SMILES string of the molecule is CC(CC(C)(N)CO)Sc1ccccn1. The van der Waals surface area contributed by atoms with E-state index in [2.05, 4.69) is 11.9 Å². The van der Waals surface area contributed by atoms with Gasteiger partial charge in [0.05, 0.1) is 11.6 Å². The molecule has 1 aromatic rings. The zero-order chi connectivity index (χ0) is 11.3. The minimum absolute atomic E-state index is 0.0140. The summed E-state index contributed by atoms with van der Waals surface area (Å²) in [5.74, 6) is 0. The number of nitrogens with zero attached hydrogens (tertiary/aromatic N) is 1. The van der Waals surface area contributed by atoms with Crippen LogP contribution in [-0.4, -0.2) is 27.5 Å². The normalized spacial score (nSPS) is 17.1. The smallest absolute Gasteiger partial charge is 0.0962 e. The molecular weight excluding hydrogens is 208 g/mol. The Bertz CT molecular complexity index is 290. The van der Waals surface area contributed by atoms with Crippen molar-refractivity contribution in [2.45, 2.75) is 36.1 Å². The van der Waals surface area contributed by atoms with Gasteiger partial charge in [-0.2, -0.15) is 0 Å². The van der Waals surface area contributed by atoms with Gasteiger partial charge in [-0.1, -0.05) is 13.0 Å². The minimum atomic E-state index is -0.499. The Morgan fingerprint density at radius 1 is 1.60 bits per heavy atom. The van der Waals surface area contributed by atoms with Gasteiger partial charge in [0.15, 0.2) is 0 Å². The van der Waals surface area contributed by atoms with Crippen molar-refractivity contribution in [3.05, 3.63) is 24.4 Å². The standard InChI is InChI=1S/C11H18N2OS/c1-9(7-11(2,12)8-14)15-10-5-3-4-6-13-10/h3-6,9,14H,7-8,12H2,1-2H3. The van der Waals surface area contributed by atoms with Gasteiger partial charge in [-0.05, 0) is 25.5 Å². The third-order valence-electron chi connectivity index (χ3n) is 2.07. The predicted octanol–water partition coefficient (Wildman–Crippen LogP) is 1.66. The van der Waals surface area contributed by atoms with Crippen LogP contribution < -0.4 is 5.73 Å². The van der Waals surface area contributed by atoms with Crippen LogP contribution in [0.3, 0.4) is 0 Å². The first kappa shape index (κ1) is 12.5. The van der Waals surface area contributed by atoms with Crippen LogP contribution in [0.25, 0.3) is 0 Å². The van der Waals surface area contributed by atoms with Crippen LogP contribution in [0, 0.1) is 0 Å². The van der Waals surface area contributed by atoms with Gasteiger partial charge in [-0.25, -0.2) is 4.98 Å². The van der Waals surface area contributed by atoms with E-state index in [1.807, 2.05) is 25.1 Å². The van der Waals surface area contributed by atoms with E-state index in [0.29, 0.717) is 5.25 Å². The first-order valence-electron chi connectivity index (χ1n) is 5.01. The number of aromatic nitrogens is 1. The molecule has 15 heavy (non-hydrogen) atoms. The number of aliphatic hydroxyl groups is 1. The molecule has 1 heterocycles. The molecule has 0 saturated carbocycles. The van der Waals surface area contributed by atoms with Crippen LogP contribution in [0.1, 0.15) is 20.3 Å². The Kier molecular flexibility index (Phi) is 4.57. The number of hydrogen-bond acceptors (Lipinski definition) is 4. The van der Waals surface area contributed by atoms with Gasteiger partial charge in [0.2, 0.25) is 0 Å². The van der Waals surface area contributed by atoms with E-state index in [1.165, 1.54) is 0 Å². The Morgan fingerprint density at radius 2 is 2.33 bits per heavy atom. The van der Waals surface area contributed by atoms with Gasteiger partial charge < -0.3 is 10.8 Å². The fourth-order valence-electron chi connectivity index (χ4n) is 1.39. The molecule has 0 aliphatic carbocycles. The molecule has 3 N–H and O–H groups in total. The highest BCUT2D eigenvalue weighted by Gasteiger charge is 2.21. The summed E-state index contributed by atoms with van der Waals surface area (Å²) in [7, 11) is 0. The second-order valence-electron chi connectivity index (χ2n) is 4.11. The van der Waals surface area contributed by atoms with E-state index in [1.54, 1.807) is 18.0 Å². The number of rotatable bonds is 5. The molecule has 0 bridgehead atoms. The first-order valence-corrected chi connectivity index (χ1v) is 5.89. The zero-order valence-electron chi connectivity index (χ0n) is 9.18. The molecule has 0 saturated heterocycles. The Morgan fingerprint density at radius 3 is 2.87 bits per heavy atom. The van der Waals surface area contributed by atoms with Gasteiger partial charge in [0.25, 0.3) is 0 Å². The monoisotopic (exact) mass is 226 g/mol. The van der Waals surface area contributed by atoms with Crippen molar-refractivity contribution in [3.63, 3.8) is 0 Å². The average molecular weight is 226 g/mol. The van der Waals surface area contributed by atoms with Gasteiger partial charge in [0, 0.05) is 17.0 Å². The van der Waals surface area contributed by atoms with Crippen molar-refractivity contribution in [2.24, 2.45) is 5.73 Å². The van der Waals surface area contributed by atoms with E-state index in [4.69, 9.17) is 10.8 Å². The molecule has 0 spiro atoms. The molecule has 0 aromatic carbocycles. The number of pyridine rings is 1. The lowest BCUT2D eigenvalue weighted by atomic mass is 9.99. The quantitative estimate of drug-likeness (QED) is 0.750. The predicted molar refractivity (Wildman–Crippen MR) is 63.9 cm³/mol. The maximum Gasteiger partial charge on any atom is 0.0962 e. The Hall–Kier alpha value is -0.580. The summed E-state index contributed by atoms with van der Waals surface area (Å²) >= 11 is 1.68. The lowest BCUT2D eigenvalue weighted by molar-refractivity contribution is 0.201. The fourth-order valence-corrected chi connectivity index (χ4v) is 2.54. The summed E-state index contributed by atoms with van der Waals surface area (Å²) < 4.78 is 0. The molecule has 2 unspecified atom stereocenters. The molecule has 2 atom stereocenters. The Labute approximate surface area is 95.1 Å². The van der Waals surface area contributed by atoms with E-state index >= 15 is 0 Å². The molecule has 1 aromatic heterocycles. The molecule has 1 rings (SSSR count). The summed E-state index contributed by atoms with van der Waals surface area (Å²) in [6.45, 7) is 3.97. The molecule has 0 aliphatic rings. The topological polar surface area (TPSA) is 59.1 Å². The van der Waals surface area contributed by atoms with Gasteiger partial charge >= 0.3 is 0 Å². The van der Waals surface area contributed by atoms with Crippen LogP contribution in [0.5, 0.6) is 0 Å². The van der Waals surface area contributed by atoms with Crippen LogP contribution in [0.15, 0.2) is 29.4 Å². The molecule has 3 nitrogen and oxygen atoms in total. The van der Waals surface area contributed by atoms with Gasteiger partial charge in [0.1, 0.15) is 0 Å². The van der Waals surface area contributed by atoms with Crippen molar-refractivity contribution in [2.75, 3.05) is 6.61 Å². The second-order valence-corrected chi connectivity index (χ2v) is 5.57. The lowest BCUT2D eigenvalue weighted by Gasteiger charge is -2.25. The molecule has 0 aliphatic heterocycles. The summed E-state index contributed by atoms with van der Waals surface area (Å²) in [4.78, 5) is 4.23. The number of hydrogen-bond donors (Lipinski definition) is 2. The van der Waals surface area contributed by atoms with Crippen molar-refractivity contribution < 1.29 is 5.11 Å². The van der Waals surface area contributed by atoms with Crippen LogP contribution in [-0.2, 0) is 0 Å². The highest BCUT2D eigenvalue weighted by Crippen LogP contribution is 2.25. The minimum Gasteiger partial charge on any atom is -0.394 e. The van der Waals surface area contributed by atoms with Crippen LogP contribution >= 0.6 is 11.8 Å². The number of aliphatic hydroxyl groups excluding tert-OH is 1. The van der Waals surface area contributed by atoms with Crippen molar-refractivity contribution in [1.29, 1.82) is 0 Å². The van der Waals surface area contributed by atoms with E-state index in [0.717, 1.165) is 11.4 Å². The molecular formula is C11H18N2OS. The number of thioether (sulfide) groups is 1.